The molecular weight excluding hydrogens is 284 g/mol. The van der Waals surface area contributed by atoms with Gasteiger partial charge in [-0.2, -0.15) is 0 Å². The number of aryl methyl sites for hydroxylation is 2. The van der Waals surface area contributed by atoms with Crippen molar-refractivity contribution in [1.82, 2.24) is 4.98 Å². The highest BCUT2D eigenvalue weighted by atomic mass is 16.3. The first-order chi connectivity index (χ1) is 12.4. The van der Waals surface area contributed by atoms with Crippen LogP contribution in [0.15, 0.2) is 52.9 Å². The van der Waals surface area contributed by atoms with E-state index in [1.54, 1.807) is 19.1 Å². The normalized spacial score (nSPS) is 12.8. The maximum atomic E-state index is 8.23. The van der Waals surface area contributed by atoms with Gasteiger partial charge in [-0.1, -0.05) is 30.3 Å². The zero-order valence-corrected chi connectivity index (χ0v) is 12.7. The zero-order valence-electron chi connectivity index (χ0n) is 15.7. The first kappa shape index (κ1) is 10.6. The van der Waals surface area contributed by atoms with Crippen molar-refractivity contribution in [1.29, 1.82) is 0 Å². The number of benzene rings is 2. The standard InChI is InChI=1S/C20H14N2O/c1-12-6-4-9-18(22-12)16-8-5-7-14-15-10-11-17(21-3)13(2)19(15)23-20(14)16/h4-11H,1-2H3/i4D,6D,9D. The van der Waals surface area contributed by atoms with E-state index in [4.69, 9.17) is 15.1 Å². The fraction of sp³-hybridized carbons (Fsp3) is 0.100. The molecule has 0 unspecified atom stereocenters. The molecule has 0 bridgehead atoms. The van der Waals surface area contributed by atoms with Crippen LogP contribution in [0.5, 0.6) is 0 Å². The van der Waals surface area contributed by atoms with E-state index in [1.807, 2.05) is 25.1 Å². The minimum atomic E-state index is -0.146. The molecule has 4 rings (SSSR count). The van der Waals surface area contributed by atoms with Crippen LogP contribution in [0.2, 0.25) is 0 Å². The summed E-state index contributed by atoms with van der Waals surface area (Å²) in [5, 5.41) is 1.77. The summed E-state index contributed by atoms with van der Waals surface area (Å²) >= 11 is 0. The van der Waals surface area contributed by atoms with E-state index in [9.17, 15) is 0 Å². The lowest BCUT2D eigenvalue weighted by atomic mass is 10.0. The molecule has 0 spiro atoms. The molecule has 3 nitrogen and oxygen atoms in total. The smallest absolute Gasteiger partial charge is 0.193 e. The molecular formula is C20H14N2O. The van der Waals surface area contributed by atoms with E-state index in [1.165, 1.54) is 0 Å². The number of fused-ring (bicyclic) bond motifs is 3. The Morgan fingerprint density at radius 2 is 1.91 bits per heavy atom. The Bertz CT molecular complexity index is 1250. The third-order valence-corrected chi connectivity index (χ3v) is 3.97. The van der Waals surface area contributed by atoms with Crippen molar-refractivity contribution in [3.05, 3.63) is 71.1 Å². The van der Waals surface area contributed by atoms with Gasteiger partial charge in [0.2, 0.25) is 0 Å². The van der Waals surface area contributed by atoms with Crippen LogP contribution in [0.4, 0.5) is 5.69 Å². The Hall–Kier alpha value is -3.12. The van der Waals surface area contributed by atoms with Crippen LogP contribution >= 0.6 is 0 Å². The van der Waals surface area contributed by atoms with Crippen molar-refractivity contribution in [3.8, 4) is 11.3 Å². The number of para-hydroxylation sites is 1. The van der Waals surface area contributed by atoms with Crippen LogP contribution in [-0.2, 0) is 0 Å². The van der Waals surface area contributed by atoms with Gasteiger partial charge in [-0.25, -0.2) is 4.85 Å². The number of nitrogens with zero attached hydrogens (tertiary/aromatic N) is 2. The van der Waals surface area contributed by atoms with Crippen molar-refractivity contribution in [2.75, 3.05) is 0 Å². The molecule has 0 fully saturated rings. The number of hydrogen-bond acceptors (Lipinski definition) is 2. The molecule has 0 aliphatic heterocycles. The van der Waals surface area contributed by atoms with Gasteiger partial charge < -0.3 is 4.42 Å². The summed E-state index contributed by atoms with van der Waals surface area (Å²) in [7, 11) is 0. The average molecular weight is 301 g/mol. The number of rotatable bonds is 1. The van der Waals surface area contributed by atoms with Crippen LogP contribution in [0.25, 0.3) is 38.0 Å². The lowest BCUT2D eigenvalue weighted by Gasteiger charge is -2.02. The summed E-state index contributed by atoms with van der Waals surface area (Å²) in [5.74, 6) is 0. The highest BCUT2D eigenvalue weighted by Gasteiger charge is 2.15. The maximum absolute atomic E-state index is 8.23. The van der Waals surface area contributed by atoms with Crippen LogP contribution in [0, 0.1) is 20.4 Å². The summed E-state index contributed by atoms with van der Waals surface area (Å²) in [6.45, 7) is 10.8. The van der Waals surface area contributed by atoms with E-state index in [0.29, 0.717) is 33.8 Å². The van der Waals surface area contributed by atoms with E-state index >= 15 is 0 Å². The molecule has 3 heteroatoms. The third-order valence-electron chi connectivity index (χ3n) is 3.97. The Balaban J connectivity index is 2.12. The number of pyridine rings is 1. The SMILES string of the molecule is [2H]c1c(C)nc(-c2cccc3c2oc2c(C)c([N+]#[C-])ccc23)c([2H])c1[2H]. The van der Waals surface area contributed by atoms with Crippen LogP contribution < -0.4 is 0 Å². The predicted molar refractivity (Wildman–Crippen MR) is 92.7 cm³/mol. The Morgan fingerprint density at radius 3 is 2.74 bits per heavy atom. The van der Waals surface area contributed by atoms with Gasteiger partial charge in [-0.05, 0) is 37.6 Å². The van der Waals surface area contributed by atoms with Gasteiger partial charge in [-0.3, -0.25) is 4.98 Å². The summed E-state index contributed by atoms with van der Waals surface area (Å²) in [4.78, 5) is 7.90. The van der Waals surface area contributed by atoms with Gasteiger partial charge in [0.1, 0.15) is 11.2 Å². The van der Waals surface area contributed by atoms with Crippen molar-refractivity contribution in [2.45, 2.75) is 13.8 Å². The average Bonchev–Trinajstić information content (AvgIpc) is 3.03. The van der Waals surface area contributed by atoms with Gasteiger partial charge >= 0.3 is 0 Å². The molecule has 110 valence electrons. The molecule has 2 aromatic carbocycles. The molecule has 4 aromatic rings. The van der Waals surface area contributed by atoms with E-state index < -0.39 is 0 Å². The first-order valence-electron chi connectivity index (χ1n) is 8.71. The molecule has 0 N–H and O–H groups in total. The van der Waals surface area contributed by atoms with E-state index in [2.05, 4.69) is 9.83 Å². The molecule has 0 aliphatic rings. The number of furan rings is 1. The van der Waals surface area contributed by atoms with Gasteiger partial charge in [0, 0.05) is 22.0 Å². The lowest BCUT2D eigenvalue weighted by molar-refractivity contribution is 0.667. The molecule has 23 heavy (non-hydrogen) atoms. The molecule has 0 amide bonds. The summed E-state index contributed by atoms with van der Waals surface area (Å²) in [5.41, 5.74) is 3.89. The van der Waals surface area contributed by atoms with Gasteiger partial charge in [0.15, 0.2) is 5.69 Å². The molecule has 0 atom stereocenters. The van der Waals surface area contributed by atoms with Crippen LogP contribution in [-0.4, -0.2) is 4.98 Å². The predicted octanol–water partition coefficient (Wildman–Crippen LogP) is 5.82. The molecule has 0 aliphatic carbocycles. The Labute approximate surface area is 138 Å². The highest BCUT2D eigenvalue weighted by Crippen LogP contribution is 2.38. The van der Waals surface area contributed by atoms with Gasteiger partial charge in [-0.15, -0.1) is 0 Å². The summed E-state index contributed by atoms with van der Waals surface area (Å²) in [6.07, 6.45) is 0. The second-order valence-corrected chi connectivity index (χ2v) is 5.40. The van der Waals surface area contributed by atoms with Crippen LogP contribution in [0.1, 0.15) is 15.4 Å². The largest absolute Gasteiger partial charge is 0.456 e. The van der Waals surface area contributed by atoms with Gasteiger partial charge in [0.05, 0.1) is 16.4 Å². The van der Waals surface area contributed by atoms with Crippen molar-refractivity contribution < 1.29 is 8.53 Å². The Morgan fingerprint density at radius 1 is 1.09 bits per heavy atom. The summed E-state index contributed by atoms with van der Waals surface area (Å²) in [6, 6.07) is 8.97. The molecule has 2 heterocycles. The fourth-order valence-corrected chi connectivity index (χ4v) is 2.83. The monoisotopic (exact) mass is 301 g/mol. The highest BCUT2D eigenvalue weighted by molar-refractivity contribution is 6.10. The minimum absolute atomic E-state index is 0.0342. The van der Waals surface area contributed by atoms with Crippen molar-refractivity contribution in [2.24, 2.45) is 0 Å². The number of hydrogen-bond donors (Lipinski definition) is 0. The quantitative estimate of drug-likeness (QED) is 0.415. The zero-order chi connectivity index (χ0) is 18.6. The van der Waals surface area contributed by atoms with Gasteiger partial charge in [0.25, 0.3) is 0 Å². The second kappa shape index (κ2) is 4.96. The lowest BCUT2D eigenvalue weighted by Crippen LogP contribution is -1.86. The Kier molecular flexibility index (Phi) is 2.28. The minimum Gasteiger partial charge on any atom is -0.456 e. The fourth-order valence-electron chi connectivity index (χ4n) is 2.83. The molecule has 2 aromatic heterocycles. The van der Waals surface area contributed by atoms with Crippen molar-refractivity contribution >= 4 is 27.6 Å². The number of aromatic nitrogens is 1. The topological polar surface area (TPSA) is 30.4 Å². The molecule has 0 saturated heterocycles. The third kappa shape index (κ3) is 2.00. The first-order valence-corrected chi connectivity index (χ1v) is 7.21. The van der Waals surface area contributed by atoms with E-state index in [-0.39, 0.29) is 18.1 Å². The summed E-state index contributed by atoms with van der Waals surface area (Å²) < 4.78 is 30.2. The molecule has 0 radical (unpaired) electrons. The molecule has 0 saturated carbocycles. The van der Waals surface area contributed by atoms with Crippen LogP contribution in [0.3, 0.4) is 0 Å². The second-order valence-electron chi connectivity index (χ2n) is 5.40. The maximum Gasteiger partial charge on any atom is 0.193 e. The van der Waals surface area contributed by atoms with Crippen molar-refractivity contribution in [3.63, 3.8) is 0 Å². The van der Waals surface area contributed by atoms with E-state index in [0.717, 1.165) is 16.3 Å².